The predicted octanol–water partition coefficient (Wildman–Crippen LogP) is 10.7. The molecule has 9 rings (SSSR count). The third-order valence-electron chi connectivity index (χ3n) is 9.36. The van der Waals surface area contributed by atoms with E-state index < -0.39 is 10.0 Å². The van der Waals surface area contributed by atoms with Crippen LogP contribution in [0.3, 0.4) is 0 Å². The minimum atomic E-state index is -3.89. The first kappa shape index (κ1) is 40.6. The topological polar surface area (TPSA) is 124 Å². The SMILES string of the molecule is COc1ccc(S(=O)(=O)N(Cc2cnc3ccccc3c2)c2ccccc2)cc1OC.O=Cc1cnc2ccccc2c1.c1ccc(Nc2cnc3ccccc3c2)cc1. The minimum Gasteiger partial charge on any atom is -0.493 e. The number of fused-ring (bicyclic) bond motifs is 3. The van der Waals surface area contributed by atoms with Gasteiger partial charge in [-0.2, -0.15) is 0 Å². The predicted molar refractivity (Wildman–Crippen MR) is 240 cm³/mol. The van der Waals surface area contributed by atoms with Gasteiger partial charge in [-0.05, 0) is 78.4 Å². The molecule has 0 radical (unpaired) electrons. The highest BCUT2D eigenvalue weighted by Crippen LogP contribution is 2.33. The van der Waals surface area contributed by atoms with Gasteiger partial charge in [-0.1, -0.05) is 91.0 Å². The molecule has 11 heteroatoms. The lowest BCUT2D eigenvalue weighted by atomic mass is 10.1. The zero-order valence-electron chi connectivity index (χ0n) is 32.9. The summed E-state index contributed by atoms with van der Waals surface area (Å²) in [6.45, 7) is 0.137. The first-order valence-corrected chi connectivity index (χ1v) is 20.4. The Kier molecular flexibility index (Phi) is 13.0. The molecule has 0 spiro atoms. The second-order valence-electron chi connectivity index (χ2n) is 13.4. The maximum Gasteiger partial charge on any atom is 0.264 e. The van der Waals surface area contributed by atoms with Crippen molar-refractivity contribution in [3.05, 3.63) is 200 Å². The van der Waals surface area contributed by atoms with E-state index in [1.165, 1.54) is 30.7 Å². The number of benzene rings is 6. The van der Waals surface area contributed by atoms with Crippen LogP contribution in [-0.4, -0.2) is 43.9 Å². The van der Waals surface area contributed by atoms with Gasteiger partial charge in [0.15, 0.2) is 17.8 Å². The van der Waals surface area contributed by atoms with Crippen molar-refractivity contribution >= 4 is 66.1 Å². The Balaban J connectivity index is 0.000000156. The highest BCUT2D eigenvalue weighted by Gasteiger charge is 2.27. The van der Waals surface area contributed by atoms with Crippen LogP contribution in [0.4, 0.5) is 17.1 Å². The van der Waals surface area contributed by atoms with E-state index in [1.807, 2.05) is 134 Å². The van der Waals surface area contributed by atoms with E-state index in [0.29, 0.717) is 22.7 Å². The Morgan fingerprint density at radius 1 is 0.550 bits per heavy atom. The van der Waals surface area contributed by atoms with Crippen molar-refractivity contribution < 1.29 is 22.7 Å². The van der Waals surface area contributed by atoms with E-state index in [2.05, 4.69) is 32.4 Å². The normalized spacial score (nSPS) is 10.8. The van der Waals surface area contributed by atoms with E-state index >= 15 is 0 Å². The molecule has 298 valence electrons. The number of anilines is 3. The summed E-state index contributed by atoms with van der Waals surface area (Å²) in [6.07, 6.45) is 5.95. The fraction of sp³-hybridized carbons (Fsp3) is 0.0612. The van der Waals surface area contributed by atoms with Crippen molar-refractivity contribution in [1.82, 2.24) is 15.0 Å². The molecule has 0 saturated heterocycles. The Morgan fingerprint density at radius 3 is 1.70 bits per heavy atom. The van der Waals surface area contributed by atoms with E-state index in [0.717, 1.165) is 55.9 Å². The van der Waals surface area contributed by atoms with Gasteiger partial charge in [-0.25, -0.2) is 8.42 Å². The molecule has 0 bridgehead atoms. The smallest absolute Gasteiger partial charge is 0.264 e. The number of rotatable bonds is 10. The number of hydrogen-bond donors (Lipinski definition) is 1. The largest absolute Gasteiger partial charge is 0.493 e. The molecular weight excluding hydrogens is 771 g/mol. The monoisotopic (exact) mass is 811 g/mol. The van der Waals surface area contributed by atoms with Gasteiger partial charge >= 0.3 is 0 Å². The van der Waals surface area contributed by atoms with Crippen molar-refractivity contribution in [1.29, 1.82) is 0 Å². The molecule has 0 fully saturated rings. The lowest BCUT2D eigenvalue weighted by Gasteiger charge is -2.25. The number of hydrogen-bond acceptors (Lipinski definition) is 9. The lowest BCUT2D eigenvalue weighted by molar-refractivity contribution is 0.112. The quantitative estimate of drug-likeness (QED) is 0.134. The molecule has 0 aliphatic heterocycles. The molecule has 6 aromatic carbocycles. The third-order valence-corrected chi connectivity index (χ3v) is 11.1. The molecule has 9 aromatic rings. The van der Waals surface area contributed by atoms with Crippen molar-refractivity contribution in [3.8, 4) is 11.5 Å². The van der Waals surface area contributed by atoms with E-state index in [-0.39, 0.29) is 11.4 Å². The number of sulfonamides is 1. The van der Waals surface area contributed by atoms with Crippen LogP contribution in [0.25, 0.3) is 32.7 Å². The van der Waals surface area contributed by atoms with E-state index in [1.54, 1.807) is 30.6 Å². The number of methoxy groups -OCH3 is 2. The summed E-state index contributed by atoms with van der Waals surface area (Å²) < 4.78 is 39.3. The highest BCUT2D eigenvalue weighted by atomic mass is 32.2. The summed E-state index contributed by atoms with van der Waals surface area (Å²) in [5, 5.41) is 6.44. The average molecular weight is 812 g/mol. The van der Waals surface area contributed by atoms with Gasteiger partial charge in [0.05, 0.1) is 59.8 Å². The van der Waals surface area contributed by atoms with Crippen molar-refractivity contribution in [2.75, 3.05) is 23.8 Å². The first-order valence-electron chi connectivity index (χ1n) is 18.9. The molecule has 60 heavy (non-hydrogen) atoms. The van der Waals surface area contributed by atoms with Gasteiger partial charge in [0.2, 0.25) is 0 Å². The molecule has 3 aromatic heterocycles. The molecule has 0 saturated carbocycles. The van der Waals surface area contributed by atoms with Gasteiger partial charge in [0.25, 0.3) is 10.0 Å². The summed E-state index contributed by atoms with van der Waals surface area (Å²) in [4.78, 5) is 23.5. The molecule has 0 unspecified atom stereocenters. The molecule has 10 nitrogen and oxygen atoms in total. The fourth-order valence-electron chi connectivity index (χ4n) is 6.36. The Morgan fingerprint density at radius 2 is 1.08 bits per heavy atom. The second kappa shape index (κ2) is 19.2. The Labute approximate surface area is 348 Å². The summed E-state index contributed by atoms with van der Waals surface area (Å²) in [5.41, 5.74) is 6.85. The molecule has 1 N–H and O–H groups in total. The lowest BCUT2D eigenvalue weighted by Crippen LogP contribution is -2.30. The summed E-state index contributed by atoms with van der Waals surface area (Å²) in [5.74, 6) is 0.815. The van der Waals surface area contributed by atoms with Crippen LogP contribution < -0.4 is 19.1 Å². The van der Waals surface area contributed by atoms with E-state index in [9.17, 15) is 13.2 Å². The summed E-state index contributed by atoms with van der Waals surface area (Å²) in [7, 11) is -0.908. The summed E-state index contributed by atoms with van der Waals surface area (Å²) >= 11 is 0. The van der Waals surface area contributed by atoms with Crippen LogP contribution in [0.1, 0.15) is 15.9 Å². The fourth-order valence-corrected chi connectivity index (χ4v) is 7.83. The number of carbonyl (C=O) groups excluding carboxylic acids is 1. The number of nitrogens with zero attached hydrogens (tertiary/aromatic N) is 4. The maximum absolute atomic E-state index is 13.7. The Hall–Kier alpha value is -7.63. The van der Waals surface area contributed by atoms with Crippen LogP contribution in [0.5, 0.6) is 11.5 Å². The van der Waals surface area contributed by atoms with Crippen molar-refractivity contribution in [2.45, 2.75) is 11.4 Å². The van der Waals surface area contributed by atoms with Crippen LogP contribution in [0.2, 0.25) is 0 Å². The zero-order chi connectivity index (χ0) is 41.7. The summed E-state index contributed by atoms with van der Waals surface area (Å²) in [6, 6.07) is 53.2. The molecule has 3 heterocycles. The Bertz CT molecular complexity index is 2970. The minimum absolute atomic E-state index is 0.114. The molecular formula is C49H41N5O5S. The highest BCUT2D eigenvalue weighted by molar-refractivity contribution is 7.92. The van der Waals surface area contributed by atoms with Crippen LogP contribution in [0, 0.1) is 0 Å². The molecule has 0 aliphatic rings. The number of nitrogens with one attached hydrogen (secondary N) is 1. The number of aldehydes is 1. The van der Waals surface area contributed by atoms with Crippen molar-refractivity contribution in [2.24, 2.45) is 0 Å². The molecule has 0 amide bonds. The number of aromatic nitrogens is 3. The van der Waals surface area contributed by atoms with Crippen LogP contribution in [0.15, 0.2) is 193 Å². The van der Waals surface area contributed by atoms with Crippen molar-refractivity contribution in [3.63, 3.8) is 0 Å². The number of ether oxygens (including phenoxy) is 2. The van der Waals surface area contributed by atoms with Gasteiger partial charge in [0.1, 0.15) is 0 Å². The average Bonchev–Trinajstić information content (AvgIpc) is 3.31. The van der Waals surface area contributed by atoms with Crippen LogP contribution >= 0.6 is 0 Å². The van der Waals surface area contributed by atoms with Crippen LogP contribution in [-0.2, 0) is 16.6 Å². The van der Waals surface area contributed by atoms with Gasteiger partial charge in [0, 0.05) is 45.9 Å². The number of carbonyl (C=O) groups is 1. The number of pyridine rings is 3. The first-order chi connectivity index (χ1) is 29.3. The molecule has 0 atom stereocenters. The zero-order valence-corrected chi connectivity index (χ0v) is 33.7. The van der Waals surface area contributed by atoms with Gasteiger partial charge < -0.3 is 14.8 Å². The van der Waals surface area contributed by atoms with E-state index in [4.69, 9.17) is 9.47 Å². The van der Waals surface area contributed by atoms with Gasteiger partial charge in [-0.15, -0.1) is 0 Å². The molecule has 0 aliphatic carbocycles. The number of para-hydroxylation sites is 5. The third kappa shape index (κ3) is 9.90. The maximum atomic E-state index is 13.7. The second-order valence-corrected chi connectivity index (χ2v) is 15.2. The standard InChI is InChI=1S/C24H22N2O4S.C15H12N2.C10H7NO/c1-29-23-13-12-21(15-24(23)30-2)31(27,28)26(20-9-4-3-5-10-20)17-18-14-19-8-6-7-11-22(19)25-16-18;1-2-7-13(8-3-1)17-14-10-12-6-4-5-9-15(12)16-11-14;12-7-8-5-9-3-1-2-4-10(9)11-6-8/h3-16H,17H2,1-2H3;1-11,17H;1-7H. The van der Waals surface area contributed by atoms with Gasteiger partial charge in [-0.3, -0.25) is 24.1 Å².